The maximum atomic E-state index is 12.9. The fraction of sp³-hybridized carbons (Fsp3) is 0. The molecule has 1 aromatic carbocycles. The van der Waals surface area contributed by atoms with E-state index in [-0.39, 0.29) is 9.90 Å². The van der Waals surface area contributed by atoms with Crippen molar-refractivity contribution in [1.82, 2.24) is 0 Å². The highest BCUT2D eigenvalue weighted by molar-refractivity contribution is 7.21. The minimum atomic E-state index is -1.03. The molecular formula is C9H4ClFO2S. The van der Waals surface area contributed by atoms with E-state index in [0.717, 1.165) is 11.3 Å². The summed E-state index contributed by atoms with van der Waals surface area (Å²) in [5.41, 5.74) is 0. The van der Waals surface area contributed by atoms with Crippen molar-refractivity contribution in [2.45, 2.75) is 0 Å². The lowest BCUT2D eigenvalue weighted by Gasteiger charge is -1.92. The molecule has 0 atom stereocenters. The fourth-order valence-corrected chi connectivity index (χ4v) is 2.40. The summed E-state index contributed by atoms with van der Waals surface area (Å²) in [4.78, 5) is 10.8. The Labute approximate surface area is 87.5 Å². The van der Waals surface area contributed by atoms with Gasteiger partial charge in [0.1, 0.15) is 10.7 Å². The molecule has 0 amide bonds. The molecule has 0 bridgehead atoms. The predicted octanol–water partition coefficient (Wildman–Crippen LogP) is 3.39. The second kappa shape index (κ2) is 3.22. The quantitative estimate of drug-likeness (QED) is 0.815. The zero-order chi connectivity index (χ0) is 10.3. The molecule has 0 saturated heterocycles. The van der Waals surface area contributed by atoms with Crippen molar-refractivity contribution in [2.75, 3.05) is 0 Å². The summed E-state index contributed by atoms with van der Waals surface area (Å²) < 4.78 is 13.5. The number of benzene rings is 1. The average molecular weight is 231 g/mol. The van der Waals surface area contributed by atoms with Crippen molar-refractivity contribution < 1.29 is 14.3 Å². The summed E-state index contributed by atoms with van der Waals surface area (Å²) in [6.07, 6.45) is 0. The average Bonchev–Trinajstić information content (AvgIpc) is 2.47. The lowest BCUT2D eigenvalue weighted by Crippen LogP contribution is -1.89. The van der Waals surface area contributed by atoms with Crippen molar-refractivity contribution in [2.24, 2.45) is 0 Å². The molecule has 0 aliphatic rings. The molecule has 0 fully saturated rings. The molecule has 72 valence electrons. The van der Waals surface area contributed by atoms with Crippen molar-refractivity contribution >= 4 is 39.0 Å². The molecule has 0 spiro atoms. The van der Waals surface area contributed by atoms with Crippen LogP contribution in [0.15, 0.2) is 18.2 Å². The molecule has 0 radical (unpaired) electrons. The second-order valence-electron chi connectivity index (χ2n) is 2.72. The van der Waals surface area contributed by atoms with E-state index in [2.05, 4.69) is 0 Å². The van der Waals surface area contributed by atoms with Gasteiger partial charge in [-0.15, -0.1) is 11.3 Å². The summed E-state index contributed by atoms with van der Waals surface area (Å²) in [6.45, 7) is 0. The molecular weight excluding hydrogens is 227 g/mol. The zero-order valence-electron chi connectivity index (χ0n) is 6.75. The van der Waals surface area contributed by atoms with Crippen LogP contribution in [0.25, 0.3) is 10.1 Å². The third-order valence-electron chi connectivity index (χ3n) is 1.75. The third-order valence-corrected chi connectivity index (χ3v) is 3.33. The van der Waals surface area contributed by atoms with Gasteiger partial charge in [0.2, 0.25) is 0 Å². The minimum absolute atomic E-state index is 0.160. The van der Waals surface area contributed by atoms with Crippen molar-refractivity contribution in [1.29, 1.82) is 0 Å². The molecule has 0 aliphatic heterocycles. The summed E-state index contributed by atoms with van der Waals surface area (Å²) >= 11 is 6.80. The normalized spacial score (nSPS) is 10.7. The maximum Gasteiger partial charge on any atom is 0.345 e. The van der Waals surface area contributed by atoms with Gasteiger partial charge in [-0.25, -0.2) is 9.18 Å². The van der Waals surface area contributed by atoms with Crippen molar-refractivity contribution in [3.05, 3.63) is 33.9 Å². The lowest BCUT2D eigenvalue weighted by molar-refractivity contribution is 0.0702. The van der Waals surface area contributed by atoms with Gasteiger partial charge < -0.3 is 5.11 Å². The molecule has 0 aliphatic carbocycles. The van der Waals surface area contributed by atoms with Crippen LogP contribution in [0.3, 0.4) is 0 Å². The van der Waals surface area contributed by atoms with Gasteiger partial charge in [0.05, 0.1) is 9.72 Å². The van der Waals surface area contributed by atoms with E-state index in [0.29, 0.717) is 10.1 Å². The third kappa shape index (κ3) is 1.47. The van der Waals surface area contributed by atoms with Gasteiger partial charge >= 0.3 is 5.97 Å². The highest BCUT2D eigenvalue weighted by atomic mass is 35.5. The number of rotatable bonds is 1. The number of carboxylic acid groups (broad SMARTS) is 1. The molecule has 1 N–H and O–H groups in total. The van der Waals surface area contributed by atoms with E-state index in [1.807, 2.05) is 0 Å². The maximum absolute atomic E-state index is 12.9. The van der Waals surface area contributed by atoms with Gasteiger partial charge in [0.25, 0.3) is 0 Å². The predicted molar refractivity (Wildman–Crippen MR) is 53.8 cm³/mol. The number of halogens is 2. The van der Waals surface area contributed by atoms with Gasteiger partial charge in [-0.1, -0.05) is 11.6 Å². The monoisotopic (exact) mass is 230 g/mol. The number of hydrogen-bond acceptors (Lipinski definition) is 2. The summed E-state index contributed by atoms with van der Waals surface area (Å²) in [7, 11) is 0. The smallest absolute Gasteiger partial charge is 0.345 e. The Morgan fingerprint density at radius 2 is 2.14 bits per heavy atom. The van der Waals surface area contributed by atoms with Gasteiger partial charge in [-0.05, 0) is 23.6 Å². The van der Waals surface area contributed by atoms with Gasteiger partial charge in [-0.3, -0.25) is 0 Å². The van der Waals surface area contributed by atoms with Crippen LogP contribution in [-0.4, -0.2) is 11.1 Å². The van der Waals surface area contributed by atoms with Gasteiger partial charge in [0.15, 0.2) is 0 Å². The number of carbonyl (C=O) groups is 1. The Morgan fingerprint density at radius 1 is 1.43 bits per heavy atom. The molecule has 1 aromatic heterocycles. The van der Waals surface area contributed by atoms with Gasteiger partial charge in [0, 0.05) is 0 Å². The van der Waals surface area contributed by atoms with Gasteiger partial charge in [-0.2, -0.15) is 0 Å². The molecule has 14 heavy (non-hydrogen) atoms. The zero-order valence-corrected chi connectivity index (χ0v) is 8.32. The number of aromatic carboxylic acids is 1. The summed E-state index contributed by atoms with van der Waals surface area (Å²) in [5.74, 6) is -1.49. The number of thiophene rings is 1. The summed E-state index contributed by atoms with van der Waals surface area (Å²) in [5, 5.41) is 9.49. The fourth-order valence-electron chi connectivity index (χ4n) is 1.18. The van der Waals surface area contributed by atoms with E-state index in [9.17, 15) is 9.18 Å². The van der Waals surface area contributed by atoms with E-state index in [1.54, 1.807) is 0 Å². The highest BCUT2D eigenvalue weighted by Gasteiger charge is 2.11. The molecule has 1 heterocycles. The first-order chi connectivity index (χ1) is 6.58. The minimum Gasteiger partial charge on any atom is -0.477 e. The van der Waals surface area contributed by atoms with E-state index < -0.39 is 11.8 Å². The number of fused-ring (bicyclic) bond motifs is 1. The van der Waals surface area contributed by atoms with Crippen molar-refractivity contribution in [3.8, 4) is 0 Å². The lowest BCUT2D eigenvalue weighted by atomic mass is 10.2. The summed E-state index contributed by atoms with van der Waals surface area (Å²) in [6, 6.07) is 3.85. The first kappa shape index (κ1) is 9.43. The van der Waals surface area contributed by atoms with Crippen LogP contribution in [0.4, 0.5) is 4.39 Å². The number of hydrogen-bond donors (Lipinski definition) is 1. The first-order valence-electron chi connectivity index (χ1n) is 3.70. The molecule has 2 nitrogen and oxygen atoms in total. The highest BCUT2D eigenvalue weighted by Crippen LogP contribution is 2.32. The molecule has 0 unspecified atom stereocenters. The topological polar surface area (TPSA) is 37.3 Å². The Balaban J connectivity index is 2.76. The number of carboxylic acids is 1. The van der Waals surface area contributed by atoms with Crippen LogP contribution in [-0.2, 0) is 0 Å². The SMILES string of the molecule is O=C(O)c1cc2cc(F)cc(Cl)c2s1. The standard InChI is InChI=1S/C9H4ClFO2S/c10-6-3-5(11)1-4-2-7(9(12)13)14-8(4)6/h1-3H,(H,12,13). The Kier molecular flexibility index (Phi) is 2.17. The van der Waals surface area contributed by atoms with Crippen molar-refractivity contribution in [3.63, 3.8) is 0 Å². The van der Waals surface area contributed by atoms with Crippen LogP contribution in [0.1, 0.15) is 9.67 Å². The Bertz CT molecular complexity index is 521. The second-order valence-corrected chi connectivity index (χ2v) is 4.18. The van der Waals surface area contributed by atoms with E-state index in [1.165, 1.54) is 18.2 Å². The van der Waals surface area contributed by atoms with E-state index >= 15 is 0 Å². The Morgan fingerprint density at radius 3 is 2.79 bits per heavy atom. The first-order valence-corrected chi connectivity index (χ1v) is 4.89. The molecule has 2 rings (SSSR count). The largest absolute Gasteiger partial charge is 0.477 e. The molecule has 2 aromatic rings. The molecule has 5 heteroatoms. The molecule has 0 saturated carbocycles. The van der Waals surface area contributed by atoms with Crippen LogP contribution >= 0.6 is 22.9 Å². The van der Waals surface area contributed by atoms with Crippen LogP contribution < -0.4 is 0 Å². The van der Waals surface area contributed by atoms with E-state index in [4.69, 9.17) is 16.7 Å². The van der Waals surface area contributed by atoms with Crippen LogP contribution in [0.5, 0.6) is 0 Å². The van der Waals surface area contributed by atoms with Crippen LogP contribution in [0.2, 0.25) is 5.02 Å². The Hall–Kier alpha value is -1.13. The van der Waals surface area contributed by atoms with Crippen LogP contribution in [0, 0.1) is 5.82 Å².